The highest BCUT2D eigenvalue weighted by molar-refractivity contribution is 5.55. The molecule has 2 fully saturated rings. The zero-order chi connectivity index (χ0) is 20.2. The molecule has 29 heavy (non-hydrogen) atoms. The molecule has 0 radical (unpaired) electrons. The Labute approximate surface area is 174 Å². The molecule has 0 amide bonds. The Hall–Kier alpha value is -2.55. The first kappa shape index (κ1) is 19.8. The fourth-order valence-electron chi connectivity index (χ4n) is 4.38. The van der Waals surface area contributed by atoms with Crippen molar-refractivity contribution in [2.24, 2.45) is 0 Å². The third-order valence-electron chi connectivity index (χ3n) is 6.21. The van der Waals surface area contributed by atoms with Crippen LogP contribution in [0.5, 0.6) is 0 Å². The van der Waals surface area contributed by atoms with E-state index in [-0.39, 0.29) is 0 Å². The lowest BCUT2D eigenvalue weighted by atomic mass is 10.0. The first-order valence-electron chi connectivity index (χ1n) is 10.7. The van der Waals surface area contributed by atoms with E-state index in [9.17, 15) is 5.26 Å². The van der Waals surface area contributed by atoms with E-state index in [0.29, 0.717) is 6.04 Å². The second-order valence-corrected chi connectivity index (χ2v) is 8.30. The number of nitrogens with zero attached hydrogens (tertiary/aromatic N) is 4. The molecule has 0 saturated carbocycles. The smallest absolute Gasteiger partial charge is 0.0995 e. The standard InChI is InChI=1S/C24H31N5/c1-19-3-6-23(7-4-19)28-13-11-27(12-14-28)18-22-15-24(8-5-21(22)16-25)29-10-9-26-17-20(29)2/h3-8,15,20,26H,9-14,17-18H2,1-2H3. The van der Waals surface area contributed by atoms with Gasteiger partial charge in [-0.3, -0.25) is 4.90 Å². The molecule has 2 heterocycles. The van der Waals surface area contributed by atoms with Crippen molar-refractivity contribution < 1.29 is 0 Å². The summed E-state index contributed by atoms with van der Waals surface area (Å²) in [7, 11) is 0. The summed E-state index contributed by atoms with van der Waals surface area (Å²) in [6, 6.07) is 18.0. The van der Waals surface area contributed by atoms with Gasteiger partial charge in [0.05, 0.1) is 11.6 Å². The fraction of sp³-hybridized carbons (Fsp3) is 0.458. The van der Waals surface area contributed by atoms with Gasteiger partial charge >= 0.3 is 0 Å². The molecule has 4 rings (SSSR count). The van der Waals surface area contributed by atoms with Crippen LogP contribution in [-0.4, -0.2) is 56.8 Å². The summed E-state index contributed by atoms with van der Waals surface area (Å²) in [4.78, 5) is 7.39. The van der Waals surface area contributed by atoms with Crippen LogP contribution < -0.4 is 15.1 Å². The topological polar surface area (TPSA) is 45.5 Å². The first-order chi connectivity index (χ1) is 14.1. The van der Waals surface area contributed by atoms with Gasteiger partial charge in [-0.05, 0) is 49.7 Å². The van der Waals surface area contributed by atoms with Gasteiger partial charge in [-0.15, -0.1) is 0 Å². The fourth-order valence-corrected chi connectivity index (χ4v) is 4.38. The van der Waals surface area contributed by atoms with E-state index in [1.807, 2.05) is 6.07 Å². The first-order valence-corrected chi connectivity index (χ1v) is 10.7. The second kappa shape index (κ2) is 8.86. The molecular formula is C24H31N5. The van der Waals surface area contributed by atoms with Gasteiger partial charge in [0.15, 0.2) is 0 Å². The summed E-state index contributed by atoms with van der Waals surface area (Å²) < 4.78 is 0. The Morgan fingerprint density at radius 2 is 1.72 bits per heavy atom. The third-order valence-corrected chi connectivity index (χ3v) is 6.21. The molecule has 2 aromatic carbocycles. The minimum Gasteiger partial charge on any atom is -0.369 e. The molecular weight excluding hydrogens is 358 g/mol. The summed E-state index contributed by atoms with van der Waals surface area (Å²) in [6.45, 7) is 12.4. The van der Waals surface area contributed by atoms with E-state index in [1.54, 1.807) is 0 Å². The molecule has 0 spiro atoms. The van der Waals surface area contributed by atoms with Crippen molar-refractivity contribution in [2.75, 3.05) is 55.6 Å². The van der Waals surface area contributed by atoms with Crippen molar-refractivity contribution in [3.8, 4) is 6.07 Å². The maximum atomic E-state index is 9.61. The van der Waals surface area contributed by atoms with Crippen LogP contribution in [0.15, 0.2) is 42.5 Å². The molecule has 0 aliphatic carbocycles. The number of benzene rings is 2. The zero-order valence-corrected chi connectivity index (χ0v) is 17.6. The Morgan fingerprint density at radius 1 is 1.00 bits per heavy atom. The number of piperazine rings is 2. The number of hydrogen-bond donors (Lipinski definition) is 1. The predicted molar refractivity (Wildman–Crippen MR) is 120 cm³/mol. The van der Waals surface area contributed by atoms with Crippen molar-refractivity contribution in [3.05, 3.63) is 59.2 Å². The van der Waals surface area contributed by atoms with E-state index in [1.165, 1.54) is 16.9 Å². The minimum atomic E-state index is 0.475. The number of nitriles is 1. The van der Waals surface area contributed by atoms with Crippen LogP contribution in [0.4, 0.5) is 11.4 Å². The highest BCUT2D eigenvalue weighted by atomic mass is 15.3. The van der Waals surface area contributed by atoms with Gasteiger partial charge in [0.25, 0.3) is 0 Å². The maximum absolute atomic E-state index is 9.61. The van der Waals surface area contributed by atoms with Gasteiger partial charge < -0.3 is 15.1 Å². The monoisotopic (exact) mass is 389 g/mol. The van der Waals surface area contributed by atoms with E-state index >= 15 is 0 Å². The van der Waals surface area contributed by atoms with E-state index < -0.39 is 0 Å². The lowest BCUT2D eigenvalue weighted by molar-refractivity contribution is 0.249. The van der Waals surface area contributed by atoms with Crippen molar-refractivity contribution in [2.45, 2.75) is 26.4 Å². The Balaban J connectivity index is 1.43. The molecule has 1 atom stereocenters. The lowest BCUT2D eigenvalue weighted by Gasteiger charge is -2.37. The summed E-state index contributed by atoms with van der Waals surface area (Å²) in [5.41, 5.74) is 5.81. The Morgan fingerprint density at radius 3 is 2.41 bits per heavy atom. The Bertz CT molecular complexity index is 862. The normalized spacial score (nSPS) is 20.5. The highest BCUT2D eigenvalue weighted by Gasteiger charge is 2.21. The molecule has 2 aliphatic heterocycles. The van der Waals surface area contributed by atoms with Crippen LogP contribution >= 0.6 is 0 Å². The van der Waals surface area contributed by atoms with E-state index in [2.05, 4.69) is 76.3 Å². The summed E-state index contributed by atoms with van der Waals surface area (Å²) in [5, 5.41) is 13.1. The van der Waals surface area contributed by atoms with Crippen LogP contribution in [-0.2, 0) is 6.54 Å². The summed E-state index contributed by atoms with van der Waals surface area (Å²) in [5.74, 6) is 0. The summed E-state index contributed by atoms with van der Waals surface area (Å²) in [6.07, 6.45) is 0. The van der Waals surface area contributed by atoms with Crippen molar-refractivity contribution in [1.82, 2.24) is 10.2 Å². The van der Waals surface area contributed by atoms with E-state index in [4.69, 9.17) is 0 Å². The highest BCUT2D eigenvalue weighted by Crippen LogP contribution is 2.24. The molecule has 0 bridgehead atoms. The van der Waals surface area contributed by atoms with Gasteiger partial charge in [-0.2, -0.15) is 5.26 Å². The largest absolute Gasteiger partial charge is 0.369 e. The molecule has 2 aliphatic rings. The molecule has 5 heteroatoms. The summed E-state index contributed by atoms with van der Waals surface area (Å²) >= 11 is 0. The third kappa shape index (κ3) is 4.55. The molecule has 1 N–H and O–H groups in total. The van der Waals surface area contributed by atoms with Crippen molar-refractivity contribution >= 4 is 11.4 Å². The second-order valence-electron chi connectivity index (χ2n) is 8.30. The molecule has 0 aromatic heterocycles. The molecule has 2 saturated heterocycles. The van der Waals surface area contributed by atoms with Crippen LogP contribution in [0.3, 0.4) is 0 Å². The number of anilines is 2. The quantitative estimate of drug-likeness (QED) is 0.871. The number of hydrogen-bond acceptors (Lipinski definition) is 5. The minimum absolute atomic E-state index is 0.475. The zero-order valence-electron chi connectivity index (χ0n) is 17.6. The Kier molecular flexibility index (Phi) is 6.03. The van der Waals surface area contributed by atoms with Crippen LogP contribution in [0.25, 0.3) is 0 Å². The van der Waals surface area contributed by atoms with Crippen LogP contribution in [0.2, 0.25) is 0 Å². The average molecular weight is 390 g/mol. The molecule has 5 nitrogen and oxygen atoms in total. The van der Waals surface area contributed by atoms with Gasteiger partial charge in [0, 0.05) is 69.8 Å². The number of rotatable bonds is 4. The van der Waals surface area contributed by atoms with Crippen molar-refractivity contribution in [3.63, 3.8) is 0 Å². The predicted octanol–water partition coefficient (Wildman–Crippen LogP) is 2.99. The van der Waals surface area contributed by atoms with Gasteiger partial charge in [0.1, 0.15) is 0 Å². The van der Waals surface area contributed by atoms with Gasteiger partial charge in [-0.1, -0.05) is 17.7 Å². The van der Waals surface area contributed by atoms with Gasteiger partial charge in [0.2, 0.25) is 0 Å². The van der Waals surface area contributed by atoms with E-state index in [0.717, 1.165) is 63.5 Å². The maximum Gasteiger partial charge on any atom is 0.0995 e. The lowest BCUT2D eigenvalue weighted by Crippen LogP contribution is -2.50. The molecule has 2 aromatic rings. The number of aryl methyl sites for hydroxylation is 1. The SMILES string of the molecule is Cc1ccc(N2CCN(Cc3cc(N4CCNCC4C)ccc3C#N)CC2)cc1. The number of nitrogens with one attached hydrogen (secondary N) is 1. The molecule has 152 valence electrons. The van der Waals surface area contributed by atoms with Crippen LogP contribution in [0.1, 0.15) is 23.6 Å². The molecule has 1 unspecified atom stereocenters. The van der Waals surface area contributed by atoms with Gasteiger partial charge in [-0.25, -0.2) is 0 Å². The van der Waals surface area contributed by atoms with Crippen LogP contribution in [0, 0.1) is 18.3 Å². The van der Waals surface area contributed by atoms with Crippen molar-refractivity contribution in [1.29, 1.82) is 5.26 Å². The average Bonchev–Trinajstić information content (AvgIpc) is 2.75.